The molecule has 20 heavy (non-hydrogen) atoms. The van der Waals surface area contributed by atoms with Crippen molar-refractivity contribution in [2.75, 3.05) is 32.8 Å². The van der Waals surface area contributed by atoms with E-state index in [2.05, 4.69) is 15.4 Å². The van der Waals surface area contributed by atoms with Crippen molar-refractivity contribution in [1.82, 2.24) is 25.2 Å². The van der Waals surface area contributed by atoms with Crippen LogP contribution in [-0.2, 0) is 9.53 Å². The Morgan fingerprint density at radius 2 is 2.10 bits per heavy atom. The van der Waals surface area contributed by atoms with E-state index in [0.29, 0.717) is 39.3 Å². The molecule has 0 spiro atoms. The fourth-order valence-electron chi connectivity index (χ4n) is 2.71. The van der Waals surface area contributed by atoms with Crippen LogP contribution in [0.3, 0.4) is 0 Å². The third-order valence-corrected chi connectivity index (χ3v) is 3.76. The van der Waals surface area contributed by atoms with Crippen molar-refractivity contribution in [3.05, 3.63) is 11.9 Å². The minimum absolute atomic E-state index is 0.0163. The molecule has 1 unspecified atom stereocenters. The van der Waals surface area contributed by atoms with Crippen LogP contribution in [0.2, 0.25) is 0 Å². The second kappa shape index (κ2) is 5.58. The molecular weight excluding hydrogens is 262 g/mol. The number of amides is 2. The van der Waals surface area contributed by atoms with E-state index in [-0.39, 0.29) is 23.6 Å². The molecule has 0 saturated carbocycles. The Morgan fingerprint density at radius 1 is 1.30 bits per heavy atom. The molecule has 2 aliphatic rings. The molecule has 1 N–H and O–H groups in total. The number of nitrogens with one attached hydrogen (secondary N) is 1. The molecule has 1 atom stereocenters. The zero-order chi connectivity index (χ0) is 13.9. The van der Waals surface area contributed by atoms with E-state index < -0.39 is 0 Å². The number of aromatic nitrogens is 3. The fourth-order valence-corrected chi connectivity index (χ4v) is 2.71. The van der Waals surface area contributed by atoms with Gasteiger partial charge in [0.05, 0.1) is 19.4 Å². The standard InChI is InChI=1S/C12H17N5O3/c18-11(9-8-13-15-14-9)17-3-1-2-10(17)12(19)16-4-6-20-7-5-16/h8,10H,1-7H2,(H,13,14,15). The molecule has 8 heteroatoms. The highest BCUT2D eigenvalue weighted by atomic mass is 16.5. The van der Waals surface area contributed by atoms with Gasteiger partial charge >= 0.3 is 0 Å². The van der Waals surface area contributed by atoms with E-state index in [0.717, 1.165) is 6.42 Å². The number of carbonyl (C=O) groups is 2. The summed E-state index contributed by atoms with van der Waals surface area (Å²) in [6.45, 7) is 2.92. The highest BCUT2D eigenvalue weighted by molar-refractivity contribution is 5.96. The summed E-state index contributed by atoms with van der Waals surface area (Å²) in [6, 6.07) is -0.378. The SMILES string of the molecule is O=C(C1CCCN1C(=O)c1cn[nH]n1)N1CCOCC1. The van der Waals surface area contributed by atoms with Crippen LogP contribution in [-0.4, -0.2) is 75.9 Å². The monoisotopic (exact) mass is 279 g/mol. The smallest absolute Gasteiger partial charge is 0.276 e. The number of carbonyl (C=O) groups excluding carboxylic acids is 2. The maximum Gasteiger partial charge on any atom is 0.276 e. The average Bonchev–Trinajstić information content (AvgIpc) is 3.18. The van der Waals surface area contributed by atoms with Crippen molar-refractivity contribution in [2.24, 2.45) is 0 Å². The maximum absolute atomic E-state index is 12.5. The van der Waals surface area contributed by atoms with Gasteiger partial charge in [0.1, 0.15) is 6.04 Å². The molecule has 3 rings (SSSR count). The van der Waals surface area contributed by atoms with Gasteiger partial charge in [-0.25, -0.2) is 0 Å². The molecule has 2 amide bonds. The highest BCUT2D eigenvalue weighted by Crippen LogP contribution is 2.21. The van der Waals surface area contributed by atoms with Gasteiger partial charge in [-0.05, 0) is 12.8 Å². The van der Waals surface area contributed by atoms with Gasteiger partial charge in [0.25, 0.3) is 5.91 Å². The van der Waals surface area contributed by atoms with Crippen LogP contribution in [0.5, 0.6) is 0 Å². The number of hydrogen-bond acceptors (Lipinski definition) is 5. The topological polar surface area (TPSA) is 91.4 Å². The number of aromatic amines is 1. The van der Waals surface area contributed by atoms with Crippen molar-refractivity contribution < 1.29 is 14.3 Å². The Hall–Kier alpha value is -1.96. The summed E-state index contributed by atoms with van der Waals surface area (Å²) in [5.74, 6) is -0.217. The molecule has 108 valence electrons. The largest absolute Gasteiger partial charge is 0.378 e. The molecule has 0 radical (unpaired) electrons. The summed E-state index contributed by atoms with van der Waals surface area (Å²) >= 11 is 0. The van der Waals surface area contributed by atoms with Crippen LogP contribution in [0.4, 0.5) is 0 Å². The normalized spacial score (nSPS) is 23.1. The van der Waals surface area contributed by atoms with Gasteiger partial charge in [0.2, 0.25) is 5.91 Å². The van der Waals surface area contributed by atoms with E-state index in [1.165, 1.54) is 6.20 Å². The van der Waals surface area contributed by atoms with Crippen LogP contribution >= 0.6 is 0 Å². The van der Waals surface area contributed by atoms with E-state index in [9.17, 15) is 9.59 Å². The molecule has 3 heterocycles. The van der Waals surface area contributed by atoms with E-state index in [1.54, 1.807) is 9.80 Å². The van der Waals surface area contributed by atoms with E-state index in [1.807, 2.05) is 0 Å². The Labute approximate surface area is 116 Å². The lowest BCUT2D eigenvalue weighted by atomic mass is 10.1. The van der Waals surface area contributed by atoms with Gasteiger partial charge in [-0.15, -0.1) is 0 Å². The van der Waals surface area contributed by atoms with Gasteiger partial charge in [0, 0.05) is 19.6 Å². The predicted octanol–water partition coefficient (Wildman–Crippen LogP) is -0.732. The number of H-pyrrole nitrogens is 1. The van der Waals surface area contributed by atoms with Gasteiger partial charge in [-0.3, -0.25) is 9.59 Å². The number of morpholine rings is 1. The quantitative estimate of drug-likeness (QED) is 0.770. The third kappa shape index (κ3) is 2.38. The molecule has 2 aliphatic heterocycles. The maximum atomic E-state index is 12.5. The minimum atomic E-state index is -0.378. The average molecular weight is 279 g/mol. The zero-order valence-electron chi connectivity index (χ0n) is 11.1. The number of nitrogens with zero attached hydrogens (tertiary/aromatic N) is 4. The lowest BCUT2D eigenvalue weighted by Gasteiger charge is -2.32. The number of hydrogen-bond donors (Lipinski definition) is 1. The van der Waals surface area contributed by atoms with Crippen molar-refractivity contribution in [1.29, 1.82) is 0 Å². The third-order valence-electron chi connectivity index (χ3n) is 3.76. The van der Waals surface area contributed by atoms with Crippen LogP contribution in [0.25, 0.3) is 0 Å². The molecule has 2 fully saturated rings. The summed E-state index contributed by atoms with van der Waals surface area (Å²) in [7, 11) is 0. The fraction of sp³-hybridized carbons (Fsp3) is 0.667. The summed E-state index contributed by atoms with van der Waals surface area (Å²) in [5, 5.41) is 9.86. The molecule has 0 aromatic carbocycles. The minimum Gasteiger partial charge on any atom is -0.378 e. The number of rotatable bonds is 2. The Bertz CT molecular complexity index is 483. The van der Waals surface area contributed by atoms with Crippen LogP contribution in [0.15, 0.2) is 6.20 Å². The second-order valence-electron chi connectivity index (χ2n) is 4.95. The molecule has 2 saturated heterocycles. The summed E-state index contributed by atoms with van der Waals surface area (Å²) in [5.41, 5.74) is 0.256. The van der Waals surface area contributed by atoms with Crippen molar-refractivity contribution >= 4 is 11.8 Å². The predicted molar refractivity (Wildman–Crippen MR) is 67.8 cm³/mol. The lowest BCUT2D eigenvalue weighted by molar-refractivity contribution is -0.139. The first-order chi connectivity index (χ1) is 9.77. The molecular formula is C12H17N5O3. The summed E-state index contributed by atoms with van der Waals surface area (Å²) in [6.07, 6.45) is 2.93. The van der Waals surface area contributed by atoms with Crippen LogP contribution in [0.1, 0.15) is 23.3 Å². The van der Waals surface area contributed by atoms with E-state index >= 15 is 0 Å². The highest BCUT2D eigenvalue weighted by Gasteiger charge is 2.37. The first kappa shape index (κ1) is 13.0. The Kier molecular flexibility index (Phi) is 3.64. The molecule has 0 bridgehead atoms. The van der Waals surface area contributed by atoms with Gasteiger partial charge in [0.15, 0.2) is 5.69 Å². The first-order valence-electron chi connectivity index (χ1n) is 6.80. The lowest BCUT2D eigenvalue weighted by Crippen LogP contribution is -2.51. The first-order valence-corrected chi connectivity index (χ1v) is 6.80. The second-order valence-corrected chi connectivity index (χ2v) is 4.95. The molecule has 0 aliphatic carbocycles. The Morgan fingerprint density at radius 3 is 2.80 bits per heavy atom. The van der Waals surface area contributed by atoms with Crippen molar-refractivity contribution in [3.63, 3.8) is 0 Å². The number of likely N-dealkylation sites (tertiary alicyclic amines) is 1. The van der Waals surface area contributed by atoms with Crippen molar-refractivity contribution in [2.45, 2.75) is 18.9 Å². The van der Waals surface area contributed by atoms with Gasteiger partial charge in [-0.2, -0.15) is 15.4 Å². The van der Waals surface area contributed by atoms with Crippen LogP contribution < -0.4 is 0 Å². The number of ether oxygens (including phenoxy) is 1. The molecule has 8 nitrogen and oxygen atoms in total. The summed E-state index contributed by atoms with van der Waals surface area (Å²) < 4.78 is 5.25. The molecule has 1 aromatic heterocycles. The van der Waals surface area contributed by atoms with Crippen LogP contribution in [0, 0.1) is 0 Å². The van der Waals surface area contributed by atoms with E-state index in [4.69, 9.17) is 4.74 Å². The van der Waals surface area contributed by atoms with Crippen molar-refractivity contribution in [3.8, 4) is 0 Å². The van der Waals surface area contributed by atoms with Gasteiger partial charge < -0.3 is 14.5 Å². The zero-order valence-corrected chi connectivity index (χ0v) is 11.1. The molecule has 1 aromatic rings. The van der Waals surface area contributed by atoms with Gasteiger partial charge in [-0.1, -0.05) is 0 Å². The summed E-state index contributed by atoms with van der Waals surface area (Å²) in [4.78, 5) is 28.2. The Balaban J connectivity index is 1.71.